The van der Waals surface area contributed by atoms with E-state index in [4.69, 9.17) is 51.8 Å². The molecule has 0 aromatic heterocycles. The van der Waals surface area contributed by atoms with E-state index in [2.05, 4.69) is 10.6 Å². The van der Waals surface area contributed by atoms with E-state index >= 15 is 0 Å². The van der Waals surface area contributed by atoms with Crippen molar-refractivity contribution >= 4 is 75.1 Å². The molecular weight excluding hydrogens is 622 g/mol. The van der Waals surface area contributed by atoms with Gasteiger partial charge in [-0.25, -0.2) is 22.0 Å². The lowest BCUT2D eigenvalue weighted by Crippen LogP contribution is -2.47. The van der Waals surface area contributed by atoms with Gasteiger partial charge in [0.2, 0.25) is 5.82 Å². The Morgan fingerprint density at radius 2 is 1.43 bits per heavy atom. The first kappa shape index (κ1) is 29.9. The molecule has 1 amide bonds. The lowest BCUT2D eigenvalue weighted by Gasteiger charge is -2.38. The van der Waals surface area contributed by atoms with E-state index in [1.165, 1.54) is 19.2 Å². The Hall–Kier alpha value is -3.06. The Kier molecular flexibility index (Phi) is 9.13. The van der Waals surface area contributed by atoms with Crippen molar-refractivity contribution in [2.75, 3.05) is 48.4 Å². The van der Waals surface area contributed by atoms with Crippen LogP contribution in [0.3, 0.4) is 0 Å². The molecule has 0 atom stereocenters. The van der Waals surface area contributed by atoms with Gasteiger partial charge in [0, 0.05) is 36.9 Å². The third-order valence-electron chi connectivity index (χ3n) is 6.01. The zero-order valence-electron chi connectivity index (χ0n) is 20.4. The van der Waals surface area contributed by atoms with E-state index < -0.39 is 40.7 Å². The van der Waals surface area contributed by atoms with E-state index in [1.807, 2.05) is 0 Å². The number of halogens is 8. The molecule has 40 heavy (non-hydrogen) atoms. The second kappa shape index (κ2) is 12.2. The molecule has 212 valence electrons. The molecule has 0 unspecified atom stereocenters. The van der Waals surface area contributed by atoms with Crippen molar-refractivity contribution in [2.24, 2.45) is 0 Å². The van der Waals surface area contributed by atoms with Crippen molar-refractivity contribution < 1.29 is 31.5 Å². The van der Waals surface area contributed by atoms with Gasteiger partial charge in [-0.1, -0.05) is 34.8 Å². The molecule has 1 aliphatic heterocycles. The number of amides is 1. The summed E-state index contributed by atoms with van der Waals surface area (Å²) in [6, 6.07) is 7.64. The Morgan fingerprint density at radius 1 is 0.850 bits per heavy atom. The number of methoxy groups -OCH3 is 1. The van der Waals surface area contributed by atoms with Crippen molar-refractivity contribution in [3.05, 3.63) is 80.0 Å². The number of carbonyl (C=O) groups excluding carboxylic acids is 1. The van der Waals surface area contributed by atoms with Crippen LogP contribution in [0.1, 0.15) is 10.4 Å². The summed E-state index contributed by atoms with van der Waals surface area (Å²) < 4.78 is 74.2. The van der Waals surface area contributed by atoms with Gasteiger partial charge in [0.05, 0.1) is 28.4 Å². The van der Waals surface area contributed by atoms with Crippen LogP contribution in [-0.2, 0) is 0 Å². The van der Waals surface area contributed by atoms with Crippen LogP contribution in [0.5, 0.6) is 5.75 Å². The molecule has 1 saturated heterocycles. The number of nitrogens with zero attached hydrogens (tertiary/aromatic N) is 2. The Labute approximate surface area is 245 Å². The summed E-state index contributed by atoms with van der Waals surface area (Å²) in [6.07, 6.45) is 0. The number of nitrogens with one attached hydrogen (secondary N) is 2. The molecule has 3 aromatic rings. The Bertz CT molecular complexity index is 1480. The van der Waals surface area contributed by atoms with Crippen LogP contribution in [0.15, 0.2) is 30.3 Å². The first-order chi connectivity index (χ1) is 18.9. The molecule has 1 fully saturated rings. The number of ether oxygens (including phenoxy) is 1. The van der Waals surface area contributed by atoms with Crippen molar-refractivity contribution in [3.63, 3.8) is 0 Å². The molecule has 3 aromatic carbocycles. The highest BCUT2D eigenvalue weighted by molar-refractivity contribution is 7.80. The predicted molar refractivity (Wildman–Crippen MR) is 149 cm³/mol. The maximum absolute atomic E-state index is 14.2. The summed E-state index contributed by atoms with van der Waals surface area (Å²) in [5.41, 5.74) is 0.116. The number of carbonyl (C=O) groups is 1. The molecule has 0 spiro atoms. The topological polar surface area (TPSA) is 56.8 Å². The molecule has 0 radical (unpaired) electrons. The zero-order chi connectivity index (χ0) is 29.3. The van der Waals surface area contributed by atoms with Gasteiger partial charge in [0.15, 0.2) is 28.4 Å². The van der Waals surface area contributed by atoms with Gasteiger partial charge >= 0.3 is 0 Å². The first-order valence-electron chi connectivity index (χ1n) is 11.4. The predicted octanol–water partition coefficient (Wildman–Crippen LogP) is 6.80. The summed E-state index contributed by atoms with van der Waals surface area (Å²) >= 11 is 23.7. The van der Waals surface area contributed by atoms with Gasteiger partial charge in [-0.05, 0) is 42.5 Å². The van der Waals surface area contributed by atoms with Crippen LogP contribution in [0.2, 0.25) is 15.1 Å². The fourth-order valence-corrected chi connectivity index (χ4v) is 5.23. The molecule has 6 nitrogen and oxygen atoms in total. The van der Waals surface area contributed by atoms with Crippen LogP contribution in [0, 0.1) is 29.1 Å². The lowest BCUT2D eigenvalue weighted by atomic mass is 10.2. The van der Waals surface area contributed by atoms with Gasteiger partial charge in [-0.3, -0.25) is 10.1 Å². The van der Waals surface area contributed by atoms with E-state index in [-0.39, 0.29) is 57.7 Å². The molecule has 15 heteroatoms. The fourth-order valence-electron chi connectivity index (χ4n) is 4.15. The standard InChI is InChI=1S/C25H18Cl3F5N4O2S/c1-39-23-13(8-11(26)9-15(23)28)24(38)35-25(40)34-12-2-3-16(14(27)10-12)36-4-6-37(7-5-36)22-20(32)18(30)17(29)19(31)21(22)33/h2-3,8-10H,4-7H2,1H3,(H2,34,35,38,40). The summed E-state index contributed by atoms with van der Waals surface area (Å²) in [7, 11) is 1.35. The number of benzene rings is 3. The van der Waals surface area contributed by atoms with Gasteiger partial charge in [-0.2, -0.15) is 0 Å². The van der Waals surface area contributed by atoms with Gasteiger partial charge in [0.25, 0.3) is 5.91 Å². The molecule has 1 aliphatic rings. The van der Waals surface area contributed by atoms with E-state index in [0.717, 1.165) is 4.90 Å². The third-order valence-corrected chi connectivity index (χ3v) is 7.02. The summed E-state index contributed by atoms with van der Waals surface area (Å²) in [5.74, 6) is -10.4. The number of thiocarbonyl (C=S) groups is 1. The number of anilines is 3. The number of hydrogen-bond donors (Lipinski definition) is 2. The average molecular weight is 640 g/mol. The Balaban J connectivity index is 1.41. The van der Waals surface area contributed by atoms with Crippen molar-refractivity contribution in [3.8, 4) is 5.75 Å². The monoisotopic (exact) mass is 638 g/mol. The van der Waals surface area contributed by atoms with Gasteiger partial charge in [-0.15, -0.1) is 0 Å². The maximum atomic E-state index is 14.2. The Morgan fingerprint density at radius 3 is 2.00 bits per heavy atom. The highest BCUT2D eigenvalue weighted by Crippen LogP contribution is 2.34. The van der Waals surface area contributed by atoms with Crippen molar-refractivity contribution in [1.29, 1.82) is 0 Å². The second-order valence-corrected chi connectivity index (χ2v) is 10.1. The number of rotatable bonds is 5. The lowest BCUT2D eigenvalue weighted by molar-refractivity contribution is 0.0974. The molecular formula is C25H18Cl3F5N4O2S. The number of hydrogen-bond acceptors (Lipinski definition) is 5. The van der Waals surface area contributed by atoms with Gasteiger partial charge in [0.1, 0.15) is 11.4 Å². The minimum atomic E-state index is -2.20. The average Bonchev–Trinajstić information content (AvgIpc) is 2.91. The van der Waals surface area contributed by atoms with Crippen molar-refractivity contribution in [1.82, 2.24) is 5.32 Å². The first-order valence-corrected chi connectivity index (χ1v) is 12.9. The van der Waals surface area contributed by atoms with Crippen LogP contribution in [-0.4, -0.2) is 44.3 Å². The zero-order valence-corrected chi connectivity index (χ0v) is 23.4. The fraction of sp³-hybridized carbons (Fsp3) is 0.200. The maximum Gasteiger partial charge on any atom is 0.261 e. The minimum absolute atomic E-state index is 0.0260. The minimum Gasteiger partial charge on any atom is -0.494 e. The molecule has 0 bridgehead atoms. The van der Waals surface area contributed by atoms with Crippen LogP contribution in [0.4, 0.5) is 39.0 Å². The molecule has 1 heterocycles. The molecule has 4 rings (SSSR count). The van der Waals surface area contributed by atoms with E-state index in [0.29, 0.717) is 11.4 Å². The molecule has 0 aliphatic carbocycles. The number of piperazine rings is 1. The highest BCUT2D eigenvalue weighted by atomic mass is 35.5. The van der Waals surface area contributed by atoms with Crippen molar-refractivity contribution in [2.45, 2.75) is 0 Å². The molecule has 0 saturated carbocycles. The van der Waals surface area contributed by atoms with E-state index in [9.17, 15) is 26.7 Å². The summed E-state index contributed by atoms with van der Waals surface area (Å²) in [6.45, 7) is 0.318. The van der Waals surface area contributed by atoms with Crippen LogP contribution < -0.4 is 25.2 Å². The largest absolute Gasteiger partial charge is 0.494 e. The SMILES string of the molecule is COc1c(Cl)cc(Cl)cc1C(=O)NC(=S)Nc1ccc(N2CCN(c3c(F)c(F)c(F)c(F)c3F)CC2)c(Cl)c1. The molecule has 2 N–H and O–H groups in total. The highest BCUT2D eigenvalue weighted by Gasteiger charge is 2.31. The van der Waals surface area contributed by atoms with Crippen LogP contribution >= 0.6 is 47.0 Å². The second-order valence-electron chi connectivity index (χ2n) is 8.44. The summed E-state index contributed by atoms with van der Waals surface area (Å²) in [5, 5.41) is 5.94. The quantitative estimate of drug-likeness (QED) is 0.139. The van der Waals surface area contributed by atoms with Gasteiger partial charge < -0.3 is 19.9 Å². The third kappa shape index (κ3) is 5.99. The summed E-state index contributed by atoms with van der Waals surface area (Å²) in [4.78, 5) is 15.6. The normalized spacial score (nSPS) is 13.3. The van der Waals surface area contributed by atoms with Crippen LogP contribution in [0.25, 0.3) is 0 Å². The van der Waals surface area contributed by atoms with E-state index in [1.54, 1.807) is 23.1 Å². The smallest absolute Gasteiger partial charge is 0.261 e.